The number of aromatic nitrogens is 2. The van der Waals surface area contributed by atoms with E-state index in [0.29, 0.717) is 22.8 Å². The topological polar surface area (TPSA) is 99.3 Å². The Morgan fingerprint density at radius 1 is 1.21 bits per heavy atom. The van der Waals surface area contributed by atoms with Crippen LogP contribution >= 0.6 is 0 Å². The fraction of sp³-hybridized carbons (Fsp3) is 0.300. The molecule has 2 aromatic carbocycles. The normalized spacial score (nSPS) is 16.8. The van der Waals surface area contributed by atoms with Gasteiger partial charge in [-0.2, -0.15) is 0 Å². The van der Waals surface area contributed by atoms with Gasteiger partial charge in [0, 0.05) is 12.1 Å². The molecule has 0 spiro atoms. The first-order valence-corrected chi connectivity index (χ1v) is 9.17. The molecule has 1 fully saturated rings. The van der Waals surface area contributed by atoms with Crippen LogP contribution in [-0.2, 0) is 0 Å². The van der Waals surface area contributed by atoms with Crippen molar-refractivity contribution in [3.8, 4) is 11.4 Å². The van der Waals surface area contributed by atoms with E-state index >= 15 is 0 Å². The van der Waals surface area contributed by atoms with Gasteiger partial charge in [-0.1, -0.05) is 6.42 Å². The third-order valence-corrected chi connectivity index (χ3v) is 5.04. The third kappa shape index (κ3) is 3.22. The van der Waals surface area contributed by atoms with E-state index in [1.54, 1.807) is 42.0 Å². The molecule has 1 aliphatic rings. The van der Waals surface area contributed by atoms with Crippen LogP contribution in [0.2, 0.25) is 0 Å². The summed E-state index contributed by atoms with van der Waals surface area (Å²) in [5.41, 5.74) is 0.661. The van der Waals surface area contributed by atoms with Gasteiger partial charge in [-0.25, -0.2) is 4.98 Å². The van der Waals surface area contributed by atoms with Gasteiger partial charge in [-0.15, -0.1) is 0 Å². The minimum atomic E-state index is -0.507. The van der Waals surface area contributed by atoms with Crippen LogP contribution in [0.15, 0.2) is 47.3 Å². The van der Waals surface area contributed by atoms with Crippen LogP contribution in [0.1, 0.15) is 31.1 Å². The number of non-ortho nitro benzene ring substituents is 1. The molecule has 2 heterocycles. The maximum absolute atomic E-state index is 13.4. The second-order valence-electron chi connectivity index (χ2n) is 6.77. The molecule has 0 saturated carbocycles. The van der Waals surface area contributed by atoms with Crippen molar-refractivity contribution in [1.82, 2.24) is 14.9 Å². The van der Waals surface area contributed by atoms with E-state index < -0.39 is 4.92 Å². The van der Waals surface area contributed by atoms with Crippen molar-refractivity contribution >= 4 is 16.6 Å². The molecule has 0 radical (unpaired) electrons. The van der Waals surface area contributed by atoms with Crippen molar-refractivity contribution in [2.24, 2.45) is 0 Å². The van der Waals surface area contributed by atoms with Crippen LogP contribution in [0.3, 0.4) is 0 Å². The van der Waals surface area contributed by atoms with Crippen molar-refractivity contribution in [3.05, 3.63) is 68.8 Å². The molecule has 1 aliphatic heterocycles. The molecule has 1 saturated heterocycles. The van der Waals surface area contributed by atoms with E-state index in [-0.39, 0.29) is 22.7 Å². The number of nitro groups is 1. The lowest BCUT2D eigenvalue weighted by atomic mass is 10.0. The molecule has 0 aliphatic carbocycles. The number of rotatable bonds is 4. The molecular weight excluding hydrogens is 360 g/mol. The lowest BCUT2D eigenvalue weighted by Gasteiger charge is -2.26. The Hall–Kier alpha value is -3.26. The number of benzene rings is 2. The molecule has 8 nitrogen and oxygen atoms in total. The minimum Gasteiger partial charge on any atom is -0.497 e. The zero-order chi connectivity index (χ0) is 19.7. The van der Waals surface area contributed by atoms with Gasteiger partial charge in [0.05, 0.1) is 34.7 Å². The molecule has 28 heavy (non-hydrogen) atoms. The number of nitro benzene ring substituents is 1. The summed E-state index contributed by atoms with van der Waals surface area (Å²) in [5.74, 6) is 1.30. The summed E-state index contributed by atoms with van der Waals surface area (Å²) in [6.07, 6.45) is 3.01. The maximum Gasteiger partial charge on any atom is 0.270 e. The van der Waals surface area contributed by atoms with E-state index in [4.69, 9.17) is 9.72 Å². The van der Waals surface area contributed by atoms with Crippen molar-refractivity contribution < 1.29 is 9.66 Å². The van der Waals surface area contributed by atoms with Gasteiger partial charge in [0.1, 0.15) is 11.6 Å². The number of ether oxygens (including phenoxy) is 1. The highest BCUT2D eigenvalue weighted by Crippen LogP contribution is 2.26. The van der Waals surface area contributed by atoms with Crippen LogP contribution in [0.25, 0.3) is 16.6 Å². The zero-order valence-corrected chi connectivity index (χ0v) is 15.4. The van der Waals surface area contributed by atoms with Gasteiger partial charge in [0.2, 0.25) is 0 Å². The summed E-state index contributed by atoms with van der Waals surface area (Å²) in [7, 11) is 1.58. The fourth-order valence-electron chi connectivity index (χ4n) is 3.59. The van der Waals surface area contributed by atoms with Crippen LogP contribution < -0.4 is 15.6 Å². The Morgan fingerprint density at radius 3 is 2.64 bits per heavy atom. The number of nitrogens with one attached hydrogen (secondary N) is 1. The van der Waals surface area contributed by atoms with Crippen molar-refractivity contribution in [3.63, 3.8) is 0 Å². The Kier molecular flexibility index (Phi) is 4.79. The van der Waals surface area contributed by atoms with Gasteiger partial charge in [-0.05, 0) is 49.7 Å². The summed E-state index contributed by atoms with van der Waals surface area (Å²) < 4.78 is 6.75. The van der Waals surface area contributed by atoms with Crippen LogP contribution in [0.4, 0.5) is 5.69 Å². The Labute approximate surface area is 160 Å². The predicted octanol–water partition coefficient (Wildman–Crippen LogP) is 3.12. The highest BCUT2D eigenvalue weighted by molar-refractivity contribution is 5.80. The first kappa shape index (κ1) is 18.1. The van der Waals surface area contributed by atoms with Crippen molar-refractivity contribution in [2.45, 2.75) is 25.3 Å². The van der Waals surface area contributed by atoms with Crippen LogP contribution in [0.5, 0.6) is 5.75 Å². The number of piperidine rings is 1. The highest BCUT2D eigenvalue weighted by atomic mass is 16.6. The molecule has 0 bridgehead atoms. The van der Waals surface area contributed by atoms with Crippen LogP contribution in [-0.4, -0.2) is 28.1 Å². The average Bonchev–Trinajstić information content (AvgIpc) is 2.74. The Bertz CT molecular complexity index is 1090. The molecular formula is C20H20N4O4. The lowest BCUT2D eigenvalue weighted by molar-refractivity contribution is -0.384. The van der Waals surface area contributed by atoms with E-state index in [0.717, 1.165) is 25.8 Å². The number of methoxy groups -OCH3 is 1. The number of nitrogens with zero attached hydrogens (tertiary/aromatic N) is 3. The van der Waals surface area contributed by atoms with Gasteiger partial charge in [0.15, 0.2) is 0 Å². The molecule has 4 rings (SSSR count). The highest BCUT2D eigenvalue weighted by Gasteiger charge is 2.23. The summed E-state index contributed by atoms with van der Waals surface area (Å²) >= 11 is 0. The van der Waals surface area contributed by atoms with Gasteiger partial charge < -0.3 is 10.1 Å². The molecule has 3 aromatic rings. The van der Waals surface area contributed by atoms with E-state index in [9.17, 15) is 14.9 Å². The van der Waals surface area contributed by atoms with E-state index in [1.807, 2.05) is 0 Å². The van der Waals surface area contributed by atoms with Crippen LogP contribution in [0, 0.1) is 10.1 Å². The monoisotopic (exact) mass is 380 g/mol. The predicted molar refractivity (Wildman–Crippen MR) is 105 cm³/mol. The zero-order valence-electron chi connectivity index (χ0n) is 15.4. The molecule has 0 amide bonds. The second kappa shape index (κ2) is 7.40. The summed E-state index contributed by atoms with van der Waals surface area (Å²) in [4.78, 5) is 28.7. The first-order chi connectivity index (χ1) is 13.6. The second-order valence-corrected chi connectivity index (χ2v) is 6.77. The molecule has 1 aromatic heterocycles. The van der Waals surface area contributed by atoms with Gasteiger partial charge >= 0.3 is 0 Å². The maximum atomic E-state index is 13.4. The summed E-state index contributed by atoms with van der Waals surface area (Å²) in [6, 6.07) is 11.3. The largest absolute Gasteiger partial charge is 0.497 e. The van der Waals surface area contributed by atoms with Gasteiger partial charge in [-0.3, -0.25) is 19.5 Å². The summed E-state index contributed by atoms with van der Waals surface area (Å²) in [6.45, 7) is 0.863. The van der Waals surface area contributed by atoms with E-state index in [1.165, 1.54) is 12.1 Å². The average molecular weight is 380 g/mol. The fourth-order valence-corrected chi connectivity index (χ4v) is 3.59. The standard InChI is InChI=1S/C20H20N4O4/c1-28-15-8-5-13(6-9-15)23-19(18-4-2-3-11-21-18)22-17-10-7-14(24(26)27)12-16(17)20(23)25/h5-10,12,18,21H,2-4,11H2,1H3/t18-/m1/s1. The number of hydrogen-bond acceptors (Lipinski definition) is 6. The lowest BCUT2D eigenvalue weighted by Crippen LogP contribution is -2.34. The number of hydrogen-bond donors (Lipinski definition) is 1. The summed E-state index contributed by atoms with van der Waals surface area (Å²) in [5, 5.41) is 14.8. The SMILES string of the molecule is COc1ccc(-n2c([C@H]3CCCCN3)nc3ccc([N+](=O)[O-])cc3c2=O)cc1. The molecule has 144 valence electrons. The van der Waals surface area contributed by atoms with Gasteiger partial charge in [0.25, 0.3) is 11.2 Å². The minimum absolute atomic E-state index is 0.0526. The number of fused-ring (bicyclic) bond motifs is 1. The molecule has 1 atom stereocenters. The molecule has 0 unspecified atom stereocenters. The Balaban J connectivity index is 1.97. The molecule has 8 heteroatoms. The third-order valence-electron chi connectivity index (χ3n) is 5.04. The smallest absolute Gasteiger partial charge is 0.270 e. The van der Waals surface area contributed by atoms with Crippen molar-refractivity contribution in [2.75, 3.05) is 13.7 Å². The van der Waals surface area contributed by atoms with Crippen molar-refractivity contribution in [1.29, 1.82) is 0 Å². The Morgan fingerprint density at radius 2 is 2.00 bits per heavy atom. The first-order valence-electron chi connectivity index (χ1n) is 9.17. The molecule has 1 N–H and O–H groups in total. The van der Waals surface area contributed by atoms with E-state index in [2.05, 4.69) is 5.32 Å². The quantitative estimate of drug-likeness (QED) is 0.551.